The van der Waals surface area contributed by atoms with Crippen LogP contribution < -0.4 is 5.32 Å². The number of carbonyl (C=O) groups is 1. The number of unbranched alkanes of at least 4 members (excludes halogenated alkanes) is 32. The first-order valence-corrected chi connectivity index (χ1v) is 21.4. The first-order chi connectivity index (χ1) is 23.2. The summed E-state index contributed by atoms with van der Waals surface area (Å²) in [6, 6.07) is -0.613. The lowest BCUT2D eigenvalue weighted by molar-refractivity contribution is -0.123. The molecule has 47 heavy (non-hydrogen) atoms. The van der Waals surface area contributed by atoms with Gasteiger partial charge in [0.05, 0.1) is 18.8 Å². The lowest BCUT2D eigenvalue weighted by atomic mass is 10.0. The first kappa shape index (κ1) is 46.1. The molecule has 0 rings (SSSR count). The van der Waals surface area contributed by atoms with Gasteiger partial charge in [0.15, 0.2) is 0 Å². The maximum atomic E-state index is 12.0. The average Bonchev–Trinajstić information content (AvgIpc) is 3.08. The van der Waals surface area contributed by atoms with Crippen molar-refractivity contribution in [1.82, 2.24) is 5.32 Å². The van der Waals surface area contributed by atoms with Gasteiger partial charge in [0.25, 0.3) is 0 Å². The highest BCUT2D eigenvalue weighted by molar-refractivity contribution is 5.76. The van der Waals surface area contributed by atoms with Crippen molar-refractivity contribution in [2.75, 3.05) is 6.61 Å². The molecule has 2 atom stereocenters. The lowest BCUT2D eigenvalue weighted by Crippen LogP contribution is -2.45. The second-order valence-corrected chi connectivity index (χ2v) is 14.8. The molecule has 0 fully saturated rings. The van der Waals surface area contributed by atoms with Gasteiger partial charge in [-0.25, -0.2) is 0 Å². The van der Waals surface area contributed by atoms with E-state index < -0.39 is 12.1 Å². The number of amides is 1. The van der Waals surface area contributed by atoms with Crippen LogP contribution in [0.2, 0.25) is 0 Å². The molecule has 3 N–H and O–H groups in total. The van der Waals surface area contributed by atoms with Crippen LogP contribution in [0.5, 0.6) is 0 Å². The van der Waals surface area contributed by atoms with Crippen molar-refractivity contribution in [3.8, 4) is 0 Å². The van der Waals surface area contributed by atoms with Gasteiger partial charge >= 0.3 is 0 Å². The fourth-order valence-electron chi connectivity index (χ4n) is 6.71. The summed E-state index contributed by atoms with van der Waals surface area (Å²) in [5, 5.41) is 22.7. The predicted octanol–water partition coefficient (Wildman–Crippen LogP) is 13.1. The van der Waals surface area contributed by atoms with Crippen LogP contribution in [-0.4, -0.2) is 34.9 Å². The summed E-state index contributed by atoms with van der Waals surface area (Å²) in [5.41, 5.74) is 0. The summed E-state index contributed by atoms with van der Waals surface area (Å²) >= 11 is 0. The van der Waals surface area contributed by atoms with Gasteiger partial charge in [0.2, 0.25) is 5.91 Å². The molecule has 0 radical (unpaired) electrons. The van der Waals surface area contributed by atoms with Crippen molar-refractivity contribution in [2.24, 2.45) is 0 Å². The number of aliphatic hydroxyl groups is 2. The molecule has 280 valence electrons. The minimum atomic E-state index is -0.830. The largest absolute Gasteiger partial charge is 0.394 e. The maximum absolute atomic E-state index is 12.0. The highest BCUT2D eigenvalue weighted by atomic mass is 16.3. The molecule has 4 heteroatoms. The summed E-state index contributed by atoms with van der Waals surface area (Å²) in [6.07, 6.45) is 49.6. The number of allylic oxidation sites excluding steroid dienone is 1. The summed E-state index contributed by atoms with van der Waals surface area (Å²) in [7, 11) is 0. The minimum Gasteiger partial charge on any atom is -0.394 e. The number of rotatable bonds is 39. The Morgan fingerprint density at radius 2 is 0.787 bits per heavy atom. The smallest absolute Gasteiger partial charge is 0.220 e. The van der Waals surface area contributed by atoms with E-state index in [4.69, 9.17) is 0 Å². The standard InChI is InChI=1S/C43H85NO3/c1-3-5-7-9-10-11-12-13-14-15-16-17-18-19-20-21-22-23-24-25-26-27-28-29-30-31-32-33-34-35-36-38-42(46)41(40-45)44-43(47)39-37-8-6-4-2/h36,38,41-42,45-46H,3-35,37,39-40H2,1-2H3,(H,44,47)/b38-36+. The Morgan fingerprint density at radius 1 is 0.489 bits per heavy atom. The fraction of sp³-hybridized carbons (Fsp3) is 0.930. The number of hydrogen-bond donors (Lipinski definition) is 3. The Bertz CT molecular complexity index is 637. The molecule has 0 aromatic carbocycles. The van der Waals surface area contributed by atoms with Gasteiger partial charge in [0, 0.05) is 6.42 Å². The van der Waals surface area contributed by atoms with E-state index in [2.05, 4.69) is 19.2 Å². The quantitative estimate of drug-likeness (QED) is 0.0453. The van der Waals surface area contributed by atoms with Crippen LogP contribution in [0.3, 0.4) is 0 Å². The molecule has 0 aromatic heterocycles. The molecular weight excluding hydrogens is 578 g/mol. The number of aliphatic hydroxyl groups excluding tert-OH is 2. The SMILES string of the molecule is CCCCCCCCCCCCCCCCCCCCCCCCCCCCCCC/C=C/C(O)C(CO)NC(=O)CCCCCC. The van der Waals surface area contributed by atoms with Crippen LogP contribution in [0.4, 0.5) is 0 Å². The third kappa shape index (κ3) is 36.2. The van der Waals surface area contributed by atoms with Crippen molar-refractivity contribution in [3.63, 3.8) is 0 Å². The minimum absolute atomic E-state index is 0.0801. The second kappa shape index (κ2) is 39.6. The summed E-state index contributed by atoms with van der Waals surface area (Å²) < 4.78 is 0. The number of hydrogen-bond acceptors (Lipinski definition) is 3. The van der Waals surface area contributed by atoms with E-state index in [9.17, 15) is 15.0 Å². The normalized spacial score (nSPS) is 13.0. The molecule has 0 bridgehead atoms. The number of nitrogens with one attached hydrogen (secondary N) is 1. The zero-order chi connectivity index (χ0) is 34.3. The van der Waals surface area contributed by atoms with Crippen LogP contribution >= 0.6 is 0 Å². The molecule has 2 unspecified atom stereocenters. The third-order valence-corrected chi connectivity index (χ3v) is 10.0. The topological polar surface area (TPSA) is 69.6 Å². The van der Waals surface area contributed by atoms with Crippen LogP contribution in [0, 0.1) is 0 Å². The molecule has 0 aliphatic heterocycles. The van der Waals surface area contributed by atoms with Crippen LogP contribution in [0.1, 0.15) is 239 Å². The fourth-order valence-corrected chi connectivity index (χ4v) is 6.71. The van der Waals surface area contributed by atoms with Crippen LogP contribution in [-0.2, 0) is 4.79 Å². The highest BCUT2D eigenvalue weighted by Gasteiger charge is 2.17. The molecular formula is C43H85NO3. The van der Waals surface area contributed by atoms with Gasteiger partial charge < -0.3 is 15.5 Å². The highest BCUT2D eigenvalue weighted by Crippen LogP contribution is 2.16. The van der Waals surface area contributed by atoms with Crippen LogP contribution in [0.15, 0.2) is 12.2 Å². The number of carbonyl (C=O) groups excluding carboxylic acids is 1. The first-order valence-electron chi connectivity index (χ1n) is 21.4. The van der Waals surface area contributed by atoms with E-state index in [0.29, 0.717) is 6.42 Å². The van der Waals surface area contributed by atoms with E-state index in [1.807, 2.05) is 6.08 Å². The Labute approximate surface area is 295 Å². The van der Waals surface area contributed by atoms with Gasteiger partial charge in [-0.1, -0.05) is 225 Å². The zero-order valence-electron chi connectivity index (χ0n) is 32.1. The zero-order valence-corrected chi connectivity index (χ0v) is 32.1. The average molecular weight is 664 g/mol. The van der Waals surface area contributed by atoms with E-state index in [0.717, 1.165) is 38.5 Å². The van der Waals surface area contributed by atoms with Crippen molar-refractivity contribution < 1.29 is 15.0 Å². The van der Waals surface area contributed by atoms with Gasteiger partial charge in [-0.3, -0.25) is 4.79 Å². The van der Waals surface area contributed by atoms with E-state index in [1.54, 1.807) is 6.08 Å². The molecule has 0 aromatic rings. The van der Waals surface area contributed by atoms with Crippen LogP contribution in [0.25, 0.3) is 0 Å². The lowest BCUT2D eigenvalue weighted by Gasteiger charge is -2.19. The summed E-state index contributed by atoms with van der Waals surface area (Å²) in [5.74, 6) is -0.0801. The van der Waals surface area contributed by atoms with E-state index >= 15 is 0 Å². The van der Waals surface area contributed by atoms with Gasteiger partial charge in [-0.15, -0.1) is 0 Å². The Kier molecular flexibility index (Phi) is 38.8. The Balaban J connectivity index is 3.32. The molecule has 0 spiro atoms. The van der Waals surface area contributed by atoms with Gasteiger partial charge in [0.1, 0.15) is 0 Å². The van der Waals surface area contributed by atoms with E-state index in [-0.39, 0.29) is 12.5 Å². The molecule has 4 nitrogen and oxygen atoms in total. The predicted molar refractivity (Wildman–Crippen MR) is 207 cm³/mol. The molecule has 0 saturated carbocycles. The second-order valence-electron chi connectivity index (χ2n) is 14.8. The monoisotopic (exact) mass is 664 g/mol. The molecule has 0 aliphatic carbocycles. The van der Waals surface area contributed by atoms with Crippen molar-refractivity contribution >= 4 is 5.91 Å². The summed E-state index contributed by atoms with van der Waals surface area (Å²) in [6.45, 7) is 4.20. The summed E-state index contributed by atoms with van der Waals surface area (Å²) in [4.78, 5) is 12.0. The Hall–Kier alpha value is -0.870. The van der Waals surface area contributed by atoms with Crippen molar-refractivity contribution in [1.29, 1.82) is 0 Å². The van der Waals surface area contributed by atoms with Crippen molar-refractivity contribution in [2.45, 2.75) is 251 Å². The molecule has 0 saturated heterocycles. The molecule has 0 aliphatic rings. The maximum Gasteiger partial charge on any atom is 0.220 e. The molecule has 1 amide bonds. The van der Waals surface area contributed by atoms with Crippen molar-refractivity contribution in [3.05, 3.63) is 12.2 Å². The van der Waals surface area contributed by atoms with Gasteiger partial charge in [-0.2, -0.15) is 0 Å². The van der Waals surface area contributed by atoms with Gasteiger partial charge in [-0.05, 0) is 19.3 Å². The third-order valence-electron chi connectivity index (χ3n) is 10.0. The Morgan fingerprint density at radius 3 is 1.11 bits per heavy atom. The molecule has 0 heterocycles. The van der Waals surface area contributed by atoms with E-state index in [1.165, 1.54) is 180 Å².